The number of hydrogen-bond donors (Lipinski definition) is 2. The molecule has 1 atom stereocenters. The molecule has 1 saturated heterocycles. The molecule has 1 heterocycles. The lowest BCUT2D eigenvalue weighted by Crippen LogP contribution is -2.48. The molecular formula is C17H25ClN2O. The maximum atomic E-state index is 12.8. The summed E-state index contributed by atoms with van der Waals surface area (Å²) in [6.45, 7) is 6.06. The Hall–Kier alpha value is -1.06. The fourth-order valence-electron chi connectivity index (χ4n) is 3.10. The zero-order chi connectivity index (χ0) is 15.3. The van der Waals surface area contributed by atoms with E-state index >= 15 is 0 Å². The van der Waals surface area contributed by atoms with E-state index in [0.29, 0.717) is 5.02 Å². The minimum absolute atomic E-state index is 0.0366. The molecule has 1 aromatic carbocycles. The number of amides is 1. The highest BCUT2D eigenvalue weighted by Crippen LogP contribution is 2.34. The minimum atomic E-state index is -0.211. The third kappa shape index (κ3) is 3.78. The second-order valence-electron chi connectivity index (χ2n) is 5.87. The Morgan fingerprint density at radius 1 is 1.38 bits per heavy atom. The van der Waals surface area contributed by atoms with Crippen LogP contribution in [0.2, 0.25) is 5.02 Å². The van der Waals surface area contributed by atoms with Crippen LogP contribution in [0.3, 0.4) is 0 Å². The molecule has 2 N–H and O–H groups in total. The zero-order valence-electron chi connectivity index (χ0n) is 12.9. The van der Waals surface area contributed by atoms with Gasteiger partial charge in [-0.1, -0.05) is 37.6 Å². The second kappa shape index (κ2) is 7.28. The van der Waals surface area contributed by atoms with Crippen molar-refractivity contribution in [2.75, 3.05) is 13.1 Å². The van der Waals surface area contributed by atoms with Crippen molar-refractivity contribution in [3.63, 3.8) is 0 Å². The minimum Gasteiger partial charge on any atom is -0.349 e. The Bertz CT molecular complexity index is 483. The number of carbonyl (C=O) groups is 1. The first kappa shape index (κ1) is 16.3. The van der Waals surface area contributed by atoms with Crippen LogP contribution in [0.15, 0.2) is 24.3 Å². The van der Waals surface area contributed by atoms with E-state index in [2.05, 4.69) is 24.5 Å². The lowest BCUT2D eigenvalue weighted by atomic mass is 9.75. The van der Waals surface area contributed by atoms with Crippen molar-refractivity contribution >= 4 is 17.5 Å². The van der Waals surface area contributed by atoms with Crippen LogP contribution in [0.4, 0.5) is 0 Å². The monoisotopic (exact) mass is 308 g/mol. The summed E-state index contributed by atoms with van der Waals surface area (Å²) in [4.78, 5) is 12.8. The highest BCUT2D eigenvalue weighted by Gasteiger charge is 2.38. The summed E-state index contributed by atoms with van der Waals surface area (Å²) in [5, 5.41) is 7.30. The summed E-state index contributed by atoms with van der Waals surface area (Å²) >= 11 is 6.06. The highest BCUT2D eigenvalue weighted by molar-refractivity contribution is 6.30. The van der Waals surface area contributed by atoms with Gasteiger partial charge in [-0.3, -0.25) is 4.79 Å². The van der Waals surface area contributed by atoms with Crippen molar-refractivity contribution in [3.05, 3.63) is 34.9 Å². The third-order valence-corrected chi connectivity index (χ3v) is 4.92. The zero-order valence-corrected chi connectivity index (χ0v) is 13.7. The predicted octanol–water partition coefficient (Wildman–Crippen LogP) is 3.69. The summed E-state index contributed by atoms with van der Waals surface area (Å²) < 4.78 is 0. The van der Waals surface area contributed by atoms with Crippen LogP contribution >= 0.6 is 11.6 Å². The van der Waals surface area contributed by atoms with Crippen molar-refractivity contribution in [1.29, 1.82) is 0 Å². The number of hydrogen-bond acceptors (Lipinski definition) is 2. The molecule has 2 rings (SSSR count). The second-order valence-corrected chi connectivity index (χ2v) is 6.31. The van der Waals surface area contributed by atoms with Gasteiger partial charge in [-0.2, -0.15) is 0 Å². The molecule has 3 nitrogen and oxygen atoms in total. The van der Waals surface area contributed by atoms with Crippen LogP contribution in [0.1, 0.15) is 51.1 Å². The fourth-order valence-corrected chi connectivity index (χ4v) is 3.30. The lowest BCUT2D eigenvalue weighted by Gasteiger charge is -2.36. The van der Waals surface area contributed by atoms with E-state index in [4.69, 9.17) is 11.6 Å². The molecule has 0 radical (unpaired) electrons. The van der Waals surface area contributed by atoms with Gasteiger partial charge in [-0.15, -0.1) is 0 Å². The summed E-state index contributed by atoms with van der Waals surface area (Å²) in [5.74, 6) is 0.193. The first-order chi connectivity index (χ1) is 10.1. The van der Waals surface area contributed by atoms with Gasteiger partial charge in [0.25, 0.3) is 0 Å². The molecule has 4 heteroatoms. The summed E-state index contributed by atoms with van der Waals surface area (Å²) in [6.07, 6.45) is 3.60. The van der Waals surface area contributed by atoms with E-state index in [-0.39, 0.29) is 17.4 Å². The van der Waals surface area contributed by atoms with Crippen molar-refractivity contribution in [2.24, 2.45) is 5.41 Å². The van der Waals surface area contributed by atoms with Gasteiger partial charge in [0, 0.05) is 5.02 Å². The molecular weight excluding hydrogens is 284 g/mol. The van der Waals surface area contributed by atoms with Crippen LogP contribution in [0.5, 0.6) is 0 Å². The van der Waals surface area contributed by atoms with E-state index in [1.54, 1.807) is 0 Å². The molecule has 0 bridgehead atoms. The molecule has 0 aliphatic carbocycles. The van der Waals surface area contributed by atoms with Gasteiger partial charge >= 0.3 is 0 Å². The van der Waals surface area contributed by atoms with Gasteiger partial charge < -0.3 is 10.6 Å². The number of halogens is 1. The Labute approximate surface area is 132 Å². The molecule has 21 heavy (non-hydrogen) atoms. The van der Waals surface area contributed by atoms with Gasteiger partial charge in [-0.05, 0) is 56.5 Å². The molecule has 116 valence electrons. The molecule has 1 amide bonds. The largest absolute Gasteiger partial charge is 0.349 e. The Balaban J connectivity index is 2.12. The number of nitrogens with one attached hydrogen (secondary N) is 2. The van der Waals surface area contributed by atoms with Crippen LogP contribution < -0.4 is 10.6 Å². The van der Waals surface area contributed by atoms with Gasteiger partial charge in [0.15, 0.2) is 0 Å². The van der Waals surface area contributed by atoms with E-state index in [9.17, 15) is 4.79 Å². The number of piperidine rings is 1. The topological polar surface area (TPSA) is 41.1 Å². The van der Waals surface area contributed by atoms with E-state index in [0.717, 1.165) is 44.3 Å². The molecule has 1 fully saturated rings. The van der Waals surface area contributed by atoms with Crippen molar-refractivity contribution in [3.8, 4) is 0 Å². The first-order valence-electron chi connectivity index (χ1n) is 7.88. The lowest BCUT2D eigenvalue weighted by molar-refractivity contribution is -0.133. The number of rotatable bonds is 5. The SMILES string of the molecule is CCC(NC(=O)C1(CC)CCNCC1)c1cccc(Cl)c1. The fraction of sp³-hybridized carbons (Fsp3) is 0.588. The van der Waals surface area contributed by atoms with Crippen LogP contribution in [0.25, 0.3) is 0 Å². The Kier molecular flexibility index (Phi) is 5.65. The Morgan fingerprint density at radius 2 is 2.10 bits per heavy atom. The molecule has 0 spiro atoms. The normalized spacial score (nSPS) is 19.0. The maximum absolute atomic E-state index is 12.8. The Morgan fingerprint density at radius 3 is 2.67 bits per heavy atom. The van der Waals surface area contributed by atoms with Crippen LogP contribution in [0, 0.1) is 5.41 Å². The van der Waals surface area contributed by atoms with E-state index in [1.165, 1.54) is 0 Å². The van der Waals surface area contributed by atoms with Gasteiger partial charge in [0.2, 0.25) is 5.91 Å². The number of benzene rings is 1. The van der Waals surface area contributed by atoms with Gasteiger partial charge in [0.05, 0.1) is 11.5 Å². The van der Waals surface area contributed by atoms with Crippen molar-refractivity contribution in [1.82, 2.24) is 10.6 Å². The molecule has 1 unspecified atom stereocenters. The average molecular weight is 309 g/mol. The summed E-state index contributed by atoms with van der Waals surface area (Å²) in [7, 11) is 0. The molecule has 1 aromatic rings. The molecule has 1 aliphatic rings. The standard InChI is InChI=1S/C17H25ClN2O/c1-3-15(13-6-5-7-14(18)12-13)20-16(21)17(4-2)8-10-19-11-9-17/h5-7,12,15,19H,3-4,8-11H2,1-2H3,(H,20,21). The summed E-state index contributed by atoms with van der Waals surface area (Å²) in [6, 6.07) is 7.81. The first-order valence-corrected chi connectivity index (χ1v) is 8.26. The predicted molar refractivity (Wildman–Crippen MR) is 87.5 cm³/mol. The number of carbonyl (C=O) groups excluding carboxylic acids is 1. The summed E-state index contributed by atoms with van der Waals surface area (Å²) in [5.41, 5.74) is 0.871. The highest BCUT2D eigenvalue weighted by atomic mass is 35.5. The average Bonchev–Trinajstić information content (AvgIpc) is 2.53. The van der Waals surface area contributed by atoms with Crippen LogP contribution in [-0.4, -0.2) is 19.0 Å². The molecule has 1 aliphatic heterocycles. The van der Waals surface area contributed by atoms with Crippen LogP contribution in [-0.2, 0) is 4.79 Å². The van der Waals surface area contributed by atoms with Crippen molar-refractivity contribution in [2.45, 2.75) is 45.6 Å². The molecule has 0 saturated carbocycles. The maximum Gasteiger partial charge on any atom is 0.226 e. The van der Waals surface area contributed by atoms with Crippen molar-refractivity contribution < 1.29 is 4.79 Å². The van der Waals surface area contributed by atoms with E-state index in [1.807, 2.05) is 24.3 Å². The molecule has 0 aromatic heterocycles. The van der Waals surface area contributed by atoms with E-state index < -0.39 is 0 Å². The van der Waals surface area contributed by atoms with Gasteiger partial charge in [-0.25, -0.2) is 0 Å². The smallest absolute Gasteiger partial charge is 0.226 e. The van der Waals surface area contributed by atoms with Gasteiger partial charge in [0.1, 0.15) is 0 Å². The quantitative estimate of drug-likeness (QED) is 0.871. The third-order valence-electron chi connectivity index (χ3n) is 4.68.